The molecule has 196 valence electrons. The van der Waals surface area contributed by atoms with Crippen LogP contribution in [0.25, 0.3) is 5.69 Å². The molecule has 1 aliphatic heterocycles. The molecule has 10 heteroatoms. The fourth-order valence-electron chi connectivity index (χ4n) is 5.14. The second-order valence-corrected chi connectivity index (χ2v) is 11.9. The van der Waals surface area contributed by atoms with Gasteiger partial charge in [-0.1, -0.05) is 37.3 Å². The smallest absolute Gasteiger partial charge is 0.316 e. The third-order valence-corrected chi connectivity index (χ3v) is 8.97. The van der Waals surface area contributed by atoms with Crippen molar-refractivity contribution in [3.63, 3.8) is 0 Å². The van der Waals surface area contributed by atoms with Gasteiger partial charge in [0, 0.05) is 31.9 Å². The highest BCUT2D eigenvalue weighted by Gasteiger charge is 2.31. The lowest BCUT2D eigenvalue weighted by atomic mass is 10.1. The van der Waals surface area contributed by atoms with Crippen molar-refractivity contribution < 1.29 is 13.2 Å². The summed E-state index contributed by atoms with van der Waals surface area (Å²) >= 11 is 0. The first-order valence-corrected chi connectivity index (χ1v) is 14.3. The van der Waals surface area contributed by atoms with Crippen LogP contribution >= 0.6 is 0 Å². The minimum absolute atomic E-state index is 0.0203. The van der Waals surface area contributed by atoms with Crippen LogP contribution in [0.5, 0.6) is 5.75 Å². The predicted molar refractivity (Wildman–Crippen MR) is 145 cm³/mol. The lowest BCUT2D eigenvalue weighted by molar-refractivity contribution is 0.201. The molecule has 2 aromatic carbocycles. The van der Waals surface area contributed by atoms with Crippen molar-refractivity contribution in [1.82, 2.24) is 14.1 Å². The van der Waals surface area contributed by atoms with Crippen LogP contribution in [0.4, 0.5) is 11.4 Å². The Balaban J connectivity index is 1.37. The quantitative estimate of drug-likeness (QED) is 0.474. The van der Waals surface area contributed by atoms with Gasteiger partial charge in [0.15, 0.2) is 0 Å². The van der Waals surface area contributed by atoms with E-state index in [9.17, 15) is 13.2 Å². The zero-order valence-corrected chi connectivity index (χ0v) is 21.8. The first-order valence-electron chi connectivity index (χ1n) is 12.7. The molecule has 2 N–H and O–H groups in total. The second kappa shape index (κ2) is 10.5. The highest BCUT2D eigenvalue weighted by atomic mass is 32.2. The third-order valence-electron chi connectivity index (χ3n) is 7.12. The van der Waals surface area contributed by atoms with E-state index >= 15 is 0 Å². The standard InChI is InChI=1S/C27H33N5O4S/c1-20-10-11-24(16-20)36-26-25(18-29-32(27(26)33)23-8-3-2-4-9-23)30-12-14-31(15-13-30)37(34,35)19-21-6-5-7-22(28)17-21/h2-9,17-18,20,24H,10-16,19,28H2,1H3. The summed E-state index contributed by atoms with van der Waals surface area (Å²) in [5, 5.41) is 4.44. The van der Waals surface area contributed by atoms with E-state index < -0.39 is 10.0 Å². The molecule has 2 atom stereocenters. The van der Waals surface area contributed by atoms with Gasteiger partial charge in [-0.2, -0.15) is 14.1 Å². The number of aromatic nitrogens is 2. The Bertz CT molecular complexity index is 1400. The van der Waals surface area contributed by atoms with Crippen LogP contribution in [0.2, 0.25) is 0 Å². The number of piperazine rings is 1. The van der Waals surface area contributed by atoms with Gasteiger partial charge in [0.2, 0.25) is 15.8 Å². The lowest BCUT2D eigenvalue weighted by Crippen LogP contribution is -2.49. The van der Waals surface area contributed by atoms with E-state index in [0.717, 1.165) is 19.3 Å². The van der Waals surface area contributed by atoms with Gasteiger partial charge in [-0.25, -0.2) is 8.42 Å². The molecule has 1 saturated carbocycles. The van der Waals surface area contributed by atoms with Crippen LogP contribution < -0.4 is 20.9 Å². The van der Waals surface area contributed by atoms with Gasteiger partial charge in [0.05, 0.1) is 23.7 Å². The Kier molecular flexibility index (Phi) is 7.21. The molecule has 0 bridgehead atoms. The molecule has 0 spiro atoms. The van der Waals surface area contributed by atoms with Crippen LogP contribution in [0.15, 0.2) is 65.6 Å². The molecule has 1 saturated heterocycles. The van der Waals surface area contributed by atoms with Crippen molar-refractivity contribution in [2.24, 2.45) is 5.92 Å². The average molecular weight is 524 g/mol. The number of sulfonamides is 1. The fraction of sp³-hybridized carbons (Fsp3) is 0.407. The van der Waals surface area contributed by atoms with Crippen molar-refractivity contribution in [3.8, 4) is 11.4 Å². The van der Waals surface area contributed by atoms with Crippen LogP contribution in [0.3, 0.4) is 0 Å². The molecule has 9 nitrogen and oxygen atoms in total. The van der Waals surface area contributed by atoms with E-state index in [4.69, 9.17) is 10.5 Å². The molecule has 37 heavy (non-hydrogen) atoms. The minimum atomic E-state index is -3.51. The third kappa shape index (κ3) is 5.65. The van der Waals surface area contributed by atoms with Gasteiger partial charge in [0.25, 0.3) is 0 Å². The minimum Gasteiger partial charge on any atom is -0.483 e. The number of anilines is 2. The zero-order chi connectivity index (χ0) is 26.0. The lowest BCUT2D eigenvalue weighted by Gasteiger charge is -2.36. The van der Waals surface area contributed by atoms with Crippen molar-refractivity contribution >= 4 is 21.4 Å². The molecule has 2 fully saturated rings. The topological polar surface area (TPSA) is 111 Å². The number of benzene rings is 2. The highest BCUT2D eigenvalue weighted by Crippen LogP contribution is 2.32. The van der Waals surface area contributed by atoms with E-state index in [-0.39, 0.29) is 23.2 Å². The summed E-state index contributed by atoms with van der Waals surface area (Å²) in [6.45, 7) is 3.69. The van der Waals surface area contributed by atoms with Gasteiger partial charge in [-0.15, -0.1) is 0 Å². The SMILES string of the molecule is CC1CCC(Oc2c(N3CCN(S(=O)(=O)Cc4cccc(N)c4)CC3)cnn(-c3ccccc3)c2=O)C1. The molecule has 2 aliphatic rings. The molecule has 1 aliphatic carbocycles. The van der Waals surface area contributed by atoms with E-state index in [2.05, 4.69) is 12.0 Å². The number of nitrogens with two attached hydrogens (primary N) is 1. The summed E-state index contributed by atoms with van der Waals surface area (Å²) in [5.74, 6) is 0.746. The fourth-order valence-corrected chi connectivity index (χ4v) is 6.64. The number of hydrogen-bond acceptors (Lipinski definition) is 7. The van der Waals surface area contributed by atoms with Crippen molar-refractivity contribution in [2.45, 2.75) is 38.0 Å². The molecular formula is C27H33N5O4S. The average Bonchev–Trinajstić information content (AvgIpc) is 3.30. The summed E-state index contributed by atoms with van der Waals surface area (Å²) in [7, 11) is -3.51. The first-order chi connectivity index (χ1) is 17.8. The van der Waals surface area contributed by atoms with E-state index in [1.54, 1.807) is 30.5 Å². The van der Waals surface area contributed by atoms with Crippen LogP contribution in [-0.2, 0) is 15.8 Å². The first kappa shape index (κ1) is 25.3. The highest BCUT2D eigenvalue weighted by molar-refractivity contribution is 7.88. The maximum absolute atomic E-state index is 13.6. The Labute approximate surface area is 217 Å². The van der Waals surface area contributed by atoms with E-state index in [1.807, 2.05) is 35.2 Å². The Hall–Kier alpha value is -3.37. The number of hydrogen-bond donors (Lipinski definition) is 1. The predicted octanol–water partition coefficient (Wildman–Crippen LogP) is 3.03. The molecule has 2 heterocycles. The monoisotopic (exact) mass is 523 g/mol. The van der Waals surface area contributed by atoms with Gasteiger partial charge >= 0.3 is 5.56 Å². The van der Waals surface area contributed by atoms with Gasteiger partial charge in [-0.05, 0) is 55.0 Å². The molecule has 5 rings (SSSR count). The summed E-state index contributed by atoms with van der Waals surface area (Å²) in [4.78, 5) is 15.6. The second-order valence-electron chi connectivity index (χ2n) is 9.96. The maximum atomic E-state index is 13.6. The zero-order valence-electron chi connectivity index (χ0n) is 21.0. The summed E-state index contributed by atoms with van der Waals surface area (Å²) in [6.07, 6.45) is 4.53. The van der Waals surface area contributed by atoms with Crippen molar-refractivity contribution in [1.29, 1.82) is 0 Å². The number of nitrogens with zero attached hydrogens (tertiary/aromatic N) is 4. The number of ether oxygens (including phenoxy) is 1. The molecule has 3 aromatic rings. The Morgan fingerprint density at radius 1 is 1.03 bits per heavy atom. The number of nitrogen functional groups attached to an aromatic ring is 1. The van der Waals surface area contributed by atoms with Gasteiger partial charge in [0.1, 0.15) is 5.69 Å². The molecule has 2 unspecified atom stereocenters. The van der Waals surface area contributed by atoms with E-state index in [1.165, 1.54) is 8.99 Å². The number of para-hydroxylation sites is 1. The number of rotatable bonds is 7. The molecular weight excluding hydrogens is 490 g/mol. The molecule has 1 aromatic heterocycles. The molecule has 0 amide bonds. The summed E-state index contributed by atoms with van der Waals surface area (Å²) in [5.41, 5.74) is 8.00. The van der Waals surface area contributed by atoms with Crippen LogP contribution in [0, 0.1) is 5.92 Å². The van der Waals surface area contributed by atoms with E-state index in [0.29, 0.717) is 54.7 Å². The summed E-state index contributed by atoms with van der Waals surface area (Å²) in [6, 6.07) is 16.2. The Morgan fingerprint density at radius 3 is 2.46 bits per heavy atom. The Morgan fingerprint density at radius 2 is 1.78 bits per heavy atom. The largest absolute Gasteiger partial charge is 0.483 e. The summed E-state index contributed by atoms with van der Waals surface area (Å²) < 4.78 is 35.4. The normalized spacial score (nSPS) is 20.7. The van der Waals surface area contributed by atoms with Crippen molar-refractivity contribution in [2.75, 3.05) is 36.8 Å². The van der Waals surface area contributed by atoms with Gasteiger partial charge < -0.3 is 15.4 Å². The molecule has 0 radical (unpaired) electrons. The van der Waals surface area contributed by atoms with Gasteiger partial charge in [-0.3, -0.25) is 4.79 Å². The maximum Gasteiger partial charge on any atom is 0.316 e. The van der Waals surface area contributed by atoms with Crippen LogP contribution in [-0.4, -0.2) is 54.8 Å². The van der Waals surface area contributed by atoms with Crippen molar-refractivity contribution in [3.05, 3.63) is 76.7 Å². The van der Waals surface area contributed by atoms with Crippen LogP contribution in [0.1, 0.15) is 31.7 Å².